The molecule has 3 rings (SSSR count). The Kier molecular flexibility index (Phi) is 4.27. The molecule has 6 nitrogen and oxygen atoms in total. The maximum absolute atomic E-state index is 12.1. The molecule has 2 heterocycles. The van der Waals surface area contributed by atoms with Gasteiger partial charge in [-0.2, -0.15) is 0 Å². The van der Waals surface area contributed by atoms with E-state index in [1.807, 2.05) is 18.4 Å². The highest BCUT2D eigenvalue weighted by atomic mass is 32.2. The van der Waals surface area contributed by atoms with Crippen molar-refractivity contribution >= 4 is 38.6 Å². The smallest absolute Gasteiger partial charge is 0.229 e. The van der Waals surface area contributed by atoms with Gasteiger partial charge in [-0.25, -0.2) is 8.42 Å². The van der Waals surface area contributed by atoms with Crippen molar-refractivity contribution in [1.29, 1.82) is 0 Å². The van der Waals surface area contributed by atoms with Gasteiger partial charge < -0.3 is 10.1 Å². The molecule has 0 saturated carbocycles. The van der Waals surface area contributed by atoms with E-state index in [1.165, 1.54) is 7.11 Å². The van der Waals surface area contributed by atoms with Crippen molar-refractivity contribution in [3.63, 3.8) is 0 Å². The Morgan fingerprint density at radius 3 is 2.71 bits per heavy atom. The second-order valence-corrected chi connectivity index (χ2v) is 8.48. The van der Waals surface area contributed by atoms with Gasteiger partial charge in [0, 0.05) is 29.0 Å². The summed E-state index contributed by atoms with van der Waals surface area (Å²) in [5, 5.41) is 4.84. The molecule has 1 aliphatic heterocycles. The number of ether oxygens (including phenoxy) is 1. The number of fused-ring (bicyclic) bond motifs is 1. The first-order valence-electron chi connectivity index (χ1n) is 7.32. The molecule has 0 bridgehead atoms. The molecule has 2 aromatic rings. The third kappa shape index (κ3) is 3.25. The van der Waals surface area contributed by atoms with Crippen LogP contribution < -0.4 is 14.8 Å². The number of carbonyl (C=O) groups excluding carboxylic acids is 1. The Hall–Kier alpha value is -2.06. The van der Waals surface area contributed by atoms with Gasteiger partial charge in [-0.1, -0.05) is 0 Å². The van der Waals surface area contributed by atoms with E-state index < -0.39 is 10.0 Å². The van der Waals surface area contributed by atoms with Gasteiger partial charge >= 0.3 is 0 Å². The van der Waals surface area contributed by atoms with E-state index in [9.17, 15) is 13.2 Å². The van der Waals surface area contributed by atoms with Crippen LogP contribution in [0.25, 0.3) is 0 Å². The Bertz CT molecular complexity index is 903. The number of nitrogens with one attached hydrogen (secondary N) is 2. The molecule has 0 radical (unpaired) electrons. The summed E-state index contributed by atoms with van der Waals surface area (Å²) in [7, 11) is -1.98. The Morgan fingerprint density at radius 2 is 2.12 bits per heavy atom. The molecule has 0 saturated heterocycles. The van der Waals surface area contributed by atoms with Gasteiger partial charge in [0.15, 0.2) is 0 Å². The first-order valence-corrected chi connectivity index (χ1v) is 10.1. The van der Waals surface area contributed by atoms with Gasteiger partial charge in [0.25, 0.3) is 0 Å². The zero-order chi connectivity index (χ0) is 17.5. The van der Waals surface area contributed by atoms with Crippen LogP contribution in [-0.2, 0) is 14.8 Å². The van der Waals surface area contributed by atoms with Crippen molar-refractivity contribution in [2.75, 3.05) is 23.4 Å². The molecule has 1 atom stereocenters. The van der Waals surface area contributed by atoms with E-state index in [0.717, 1.165) is 22.3 Å². The monoisotopic (exact) mass is 366 g/mol. The lowest BCUT2D eigenvalue weighted by Gasteiger charge is -2.27. The fraction of sp³-hybridized carbons (Fsp3) is 0.312. The van der Waals surface area contributed by atoms with E-state index in [4.69, 9.17) is 4.74 Å². The van der Waals surface area contributed by atoms with Crippen LogP contribution >= 0.6 is 11.3 Å². The van der Waals surface area contributed by atoms with Crippen LogP contribution in [0.4, 0.5) is 11.4 Å². The molecular formula is C16H18N2O4S2. The first-order chi connectivity index (χ1) is 11.3. The maximum atomic E-state index is 12.1. The number of rotatable bonds is 4. The lowest BCUT2D eigenvalue weighted by molar-refractivity contribution is -0.116. The van der Waals surface area contributed by atoms with Gasteiger partial charge in [-0.15, -0.1) is 11.3 Å². The molecule has 0 spiro atoms. The fourth-order valence-electron chi connectivity index (χ4n) is 2.91. The number of benzene rings is 1. The summed E-state index contributed by atoms with van der Waals surface area (Å²) in [6.45, 7) is 2.01. The lowest BCUT2D eigenvalue weighted by Crippen LogP contribution is -2.24. The summed E-state index contributed by atoms with van der Waals surface area (Å²) in [5.74, 6) is 0.203. The van der Waals surface area contributed by atoms with E-state index in [2.05, 4.69) is 10.0 Å². The highest BCUT2D eigenvalue weighted by Gasteiger charge is 2.30. The molecule has 1 amide bonds. The average molecular weight is 366 g/mol. The maximum Gasteiger partial charge on any atom is 0.229 e. The van der Waals surface area contributed by atoms with Crippen LogP contribution in [0.5, 0.6) is 5.75 Å². The highest BCUT2D eigenvalue weighted by Crippen LogP contribution is 2.44. The Labute approximate surface area is 144 Å². The summed E-state index contributed by atoms with van der Waals surface area (Å²) in [6, 6.07) is 5.43. The minimum atomic E-state index is -3.44. The third-order valence-corrected chi connectivity index (χ3v) is 5.65. The topological polar surface area (TPSA) is 84.5 Å². The van der Waals surface area contributed by atoms with Crippen LogP contribution in [0, 0.1) is 6.92 Å². The molecule has 128 valence electrons. The van der Waals surface area contributed by atoms with Crippen LogP contribution in [-0.4, -0.2) is 27.7 Å². The van der Waals surface area contributed by atoms with Gasteiger partial charge in [0.05, 0.1) is 19.1 Å². The van der Waals surface area contributed by atoms with Crippen LogP contribution in [0.2, 0.25) is 0 Å². The molecule has 24 heavy (non-hydrogen) atoms. The molecular weight excluding hydrogens is 348 g/mol. The van der Waals surface area contributed by atoms with Crippen LogP contribution in [0.3, 0.4) is 0 Å². The van der Waals surface area contributed by atoms with Crippen LogP contribution in [0.1, 0.15) is 28.3 Å². The molecule has 8 heteroatoms. The number of amides is 1. The van der Waals surface area contributed by atoms with E-state index >= 15 is 0 Å². The second kappa shape index (κ2) is 6.10. The minimum absolute atomic E-state index is 0.0637. The van der Waals surface area contributed by atoms with Crippen molar-refractivity contribution < 1.29 is 17.9 Å². The number of hydrogen-bond acceptors (Lipinski definition) is 5. The molecule has 1 aromatic heterocycles. The number of anilines is 2. The summed E-state index contributed by atoms with van der Waals surface area (Å²) in [5.41, 5.74) is 3.03. The predicted octanol–water partition coefficient (Wildman–Crippen LogP) is 2.91. The number of aryl methyl sites for hydroxylation is 1. The number of methoxy groups -OCH3 is 1. The van der Waals surface area contributed by atoms with Crippen molar-refractivity contribution in [1.82, 2.24) is 0 Å². The van der Waals surface area contributed by atoms with Crippen LogP contribution in [0.15, 0.2) is 23.6 Å². The third-order valence-electron chi connectivity index (χ3n) is 3.92. The van der Waals surface area contributed by atoms with Gasteiger partial charge in [0.1, 0.15) is 5.75 Å². The number of hydrogen-bond donors (Lipinski definition) is 2. The molecule has 1 aromatic carbocycles. The second-order valence-electron chi connectivity index (χ2n) is 5.79. The van der Waals surface area contributed by atoms with E-state index in [0.29, 0.717) is 23.5 Å². The van der Waals surface area contributed by atoms with E-state index in [-0.39, 0.29) is 11.8 Å². The lowest BCUT2D eigenvalue weighted by atomic mass is 9.87. The molecule has 2 N–H and O–H groups in total. The van der Waals surface area contributed by atoms with Crippen molar-refractivity contribution in [3.05, 3.63) is 39.6 Å². The minimum Gasteiger partial charge on any atom is -0.494 e. The molecule has 0 unspecified atom stereocenters. The molecule has 0 fully saturated rings. The van der Waals surface area contributed by atoms with Crippen molar-refractivity contribution in [2.45, 2.75) is 19.3 Å². The van der Waals surface area contributed by atoms with Gasteiger partial charge in [0.2, 0.25) is 15.9 Å². The Morgan fingerprint density at radius 1 is 1.38 bits per heavy atom. The summed E-state index contributed by atoms with van der Waals surface area (Å²) in [6.07, 6.45) is 1.42. The van der Waals surface area contributed by atoms with Gasteiger partial charge in [-0.3, -0.25) is 9.52 Å². The predicted molar refractivity (Wildman–Crippen MR) is 95.6 cm³/mol. The van der Waals surface area contributed by atoms with Crippen molar-refractivity contribution in [2.24, 2.45) is 0 Å². The highest BCUT2D eigenvalue weighted by molar-refractivity contribution is 7.92. The normalized spacial score (nSPS) is 17.1. The number of sulfonamides is 1. The number of carbonyl (C=O) groups is 1. The molecule has 1 aliphatic rings. The summed E-state index contributed by atoms with van der Waals surface area (Å²) < 4.78 is 31.0. The average Bonchev–Trinajstić information content (AvgIpc) is 2.90. The summed E-state index contributed by atoms with van der Waals surface area (Å²) in [4.78, 5) is 13.2. The standard InChI is InChI=1S/C16H18N2O4S2/c1-9-4-5-23-16(9)11-7-15(19)17-12-8-14(22-2)13(6-10(11)12)18-24(3,20)21/h4-6,8,11,18H,7H2,1-3H3,(H,17,19)/t11-/m0/s1. The zero-order valence-electron chi connectivity index (χ0n) is 13.5. The largest absolute Gasteiger partial charge is 0.494 e. The zero-order valence-corrected chi connectivity index (χ0v) is 15.2. The molecule has 0 aliphatic carbocycles. The quantitative estimate of drug-likeness (QED) is 0.871. The fourth-order valence-corrected chi connectivity index (χ4v) is 4.52. The Balaban J connectivity index is 2.16. The SMILES string of the molecule is COc1cc2c(cc1NS(C)(=O)=O)[C@@H](c1sccc1C)CC(=O)N2. The first kappa shape index (κ1) is 16.8. The summed E-state index contributed by atoms with van der Waals surface area (Å²) >= 11 is 1.60. The van der Waals surface area contributed by atoms with E-state index in [1.54, 1.807) is 23.5 Å². The van der Waals surface area contributed by atoms with Crippen molar-refractivity contribution in [3.8, 4) is 5.75 Å². The number of thiophene rings is 1. The van der Waals surface area contributed by atoms with Gasteiger partial charge in [-0.05, 0) is 35.6 Å².